The highest BCUT2D eigenvalue weighted by atomic mass is 16.6. The van der Waals surface area contributed by atoms with Crippen molar-refractivity contribution >= 4 is 11.9 Å². The maximum absolute atomic E-state index is 12.3. The molecule has 1 fully saturated rings. The monoisotopic (exact) mass is 301 g/mol. The third kappa shape index (κ3) is 2.95. The van der Waals surface area contributed by atoms with E-state index in [0.29, 0.717) is 18.7 Å². The zero-order valence-corrected chi connectivity index (χ0v) is 11.8. The second-order valence-electron chi connectivity index (χ2n) is 5.11. The summed E-state index contributed by atoms with van der Waals surface area (Å²) in [5.41, 5.74) is 0. The van der Waals surface area contributed by atoms with Crippen molar-refractivity contribution in [3.63, 3.8) is 0 Å². The third-order valence-corrected chi connectivity index (χ3v) is 3.58. The Morgan fingerprint density at radius 1 is 1.18 bits per heavy atom. The largest absolute Gasteiger partial charge is 0.481 e. The van der Waals surface area contributed by atoms with Crippen LogP contribution in [0, 0.1) is 5.92 Å². The highest BCUT2D eigenvalue weighted by Gasteiger charge is 2.32. The van der Waals surface area contributed by atoms with Crippen LogP contribution in [0.15, 0.2) is 46.9 Å². The highest BCUT2D eigenvalue weighted by Crippen LogP contribution is 2.25. The molecule has 0 radical (unpaired) electrons. The van der Waals surface area contributed by atoms with Crippen LogP contribution in [0.3, 0.4) is 0 Å². The number of nitrogens with zero attached hydrogens (tertiary/aromatic N) is 1. The number of hydrogen-bond acceptors (Lipinski definition) is 4. The molecule has 0 aliphatic carbocycles. The fourth-order valence-corrected chi connectivity index (χ4v) is 2.40. The number of ether oxygens (including phenoxy) is 1. The summed E-state index contributed by atoms with van der Waals surface area (Å²) in [6.45, 7) is 0.634. The minimum absolute atomic E-state index is 0.150. The van der Waals surface area contributed by atoms with Crippen molar-refractivity contribution in [2.75, 3.05) is 13.1 Å². The Kier molecular flexibility index (Phi) is 3.82. The first-order chi connectivity index (χ1) is 10.6. The van der Waals surface area contributed by atoms with Gasteiger partial charge >= 0.3 is 5.97 Å². The van der Waals surface area contributed by atoms with Gasteiger partial charge in [-0.15, -0.1) is 0 Å². The first-order valence-corrected chi connectivity index (χ1v) is 6.98. The van der Waals surface area contributed by atoms with E-state index < -0.39 is 11.9 Å². The van der Waals surface area contributed by atoms with Crippen LogP contribution >= 0.6 is 0 Å². The molecular weight excluding hydrogens is 286 g/mol. The van der Waals surface area contributed by atoms with Gasteiger partial charge in [0.2, 0.25) is 0 Å². The lowest BCUT2D eigenvalue weighted by molar-refractivity contribution is -0.141. The lowest BCUT2D eigenvalue weighted by Gasteiger charge is -2.13. The first-order valence-electron chi connectivity index (χ1n) is 6.98. The average molecular weight is 301 g/mol. The molecule has 114 valence electrons. The standard InChI is InChI=1S/C16H15NO5/c18-15(17-9-8-11(10-17)16(19)20)13-6-7-14(22-13)21-12-4-2-1-3-5-12/h1-7,11H,8-10H2,(H,19,20). The van der Waals surface area contributed by atoms with Crippen molar-refractivity contribution in [2.45, 2.75) is 6.42 Å². The predicted octanol–water partition coefficient (Wildman–Crippen LogP) is 2.62. The van der Waals surface area contributed by atoms with Crippen molar-refractivity contribution in [3.05, 3.63) is 48.2 Å². The van der Waals surface area contributed by atoms with Crippen LogP contribution in [0.5, 0.6) is 11.7 Å². The quantitative estimate of drug-likeness (QED) is 0.939. The molecule has 2 heterocycles. The Labute approximate surface area is 126 Å². The number of aliphatic carboxylic acids is 1. The van der Waals surface area contributed by atoms with Crippen LogP contribution in [0.4, 0.5) is 0 Å². The second-order valence-corrected chi connectivity index (χ2v) is 5.11. The zero-order chi connectivity index (χ0) is 15.5. The van der Waals surface area contributed by atoms with Gasteiger partial charge in [-0.05, 0) is 24.6 Å². The van der Waals surface area contributed by atoms with E-state index in [-0.39, 0.29) is 24.2 Å². The molecule has 1 aromatic carbocycles. The molecule has 1 amide bonds. The van der Waals surface area contributed by atoms with E-state index in [4.69, 9.17) is 14.3 Å². The van der Waals surface area contributed by atoms with Crippen molar-refractivity contribution < 1.29 is 23.8 Å². The summed E-state index contributed by atoms with van der Waals surface area (Å²) < 4.78 is 10.9. The number of hydrogen-bond donors (Lipinski definition) is 1. The molecule has 1 aliphatic heterocycles. The summed E-state index contributed by atoms with van der Waals surface area (Å²) in [5.74, 6) is -0.697. The number of para-hydroxylation sites is 1. The van der Waals surface area contributed by atoms with Crippen LogP contribution in [0.25, 0.3) is 0 Å². The Bertz CT molecular complexity index is 679. The summed E-state index contributed by atoms with van der Waals surface area (Å²) in [4.78, 5) is 24.7. The number of benzene rings is 1. The van der Waals surface area contributed by atoms with Gasteiger partial charge in [-0.3, -0.25) is 9.59 Å². The fourth-order valence-electron chi connectivity index (χ4n) is 2.40. The molecule has 1 saturated heterocycles. The molecule has 0 saturated carbocycles. The van der Waals surface area contributed by atoms with Gasteiger partial charge in [0.15, 0.2) is 5.76 Å². The lowest BCUT2D eigenvalue weighted by Crippen LogP contribution is -2.29. The third-order valence-electron chi connectivity index (χ3n) is 3.58. The summed E-state index contributed by atoms with van der Waals surface area (Å²) in [5, 5.41) is 8.97. The average Bonchev–Trinajstić information content (AvgIpc) is 3.17. The van der Waals surface area contributed by atoms with Crippen LogP contribution in [-0.2, 0) is 4.79 Å². The molecule has 1 N–H and O–H groups in total. The maximum Gasteiger partial charge on any atom is 0.308 e. The smallest absolute Gasteiger partial charge is 0.308 e. The Morgan fingerprint density at radius 2 is 1.95 bits per heavy atom. The lowest BCUT2D eigenvalue weighted by atomic mass is 10.1. The minimum atomic E-state index is -0.872. The number of likely N-dealkylation sites (tertiary alicyclic amines) is 1. The van der Waals surface area contributed by atoms with Gasteiger partial charge in [0.05, 0.1) is 5.92 Å². The van der Waals surface area contributed by atoms with Crippen molar-refractivity contribution in [1.29, 1.82) is 0 Å². The van der Waals surface area contributed by atoms with Gasteiger partial charge in [-0.25, -0.2) is 0 Å². The SMILES string of the molecule is O=C(O)C1CCN(C(=O)c2ccc(Oc3ccccc3)o2)C1. The zero-order valence-electron chi connectivity index (χ0n) is 11.8. The van der Waals surface area contributed by atoms with Crippen LogP contribution in [0.1, 0.15) is 17.0 Å². The topological polar surface area (TPSA) is 80.0 Å². The summed E-state index contributed by atoms with van der Waals surface area (Å²) >= 11 is 0. The van der Waals surface area contributed by atoms with E-state index in [9.17, 15) is 9.59 Å². The van der Waals surface area contributed by atoms with E-state index in [1.54, 1.807) is 18.2 Å². The molecule has 0 bridgehead atoms. The van der Waals surface area contributed by atoms with Crippen molar-refractivity contribution in [3.8, 4) is 11.7 Å². The Hall–Kier alpha value is -2.76. The van der Waals surface area contributed by atoms with Gasteiger partial charge in [-0.2, -0.15) is 0 Å². The number of furan rings is 1. The molecule has 1 aromatic heterocycles. The Balaban J connectivity index is 1.66. The number of rotatable bonds is 4. The van der Waals surface area contributed by atoms with Crippen LogP contribution in [-0.4, -0.2) is 35.0 Å². The molecule has 22 heavy (non-hydrogen) atoms. The van der Waals surface area contributed by atoms with Crippen LogP contribution < -0.4 is 4.74 Å². The predicted molar refractivity (Wildman–Crippen MR) is 76.9 cm³/mol. The Morgan fingerprint density at radius 3 is 2.64 bits per heavy atom. The molecule has 1 aliphatic rings. The molecule has 1 unspecified atom stereocenters. The van der Waals surface area contributed by atoms with E-state index in [1.165, 1.54) is 11.0 Å². The highest BCUT2D eigenvalue weighted by molar-refractivity contribution is 5.92. The molecule has 2 aromatic rings. The molecule has 1 atom stereocenters. The second kappa shape index (κ2) is 5.93. The molecular formula is C16H15NO5. The number of carbonyl (C=O) groups is 2. The number of carbonyl (C=O) groups excluding carboxylic acids is 1. The molecule has 3 rings (SSSR count). The summed E-state index contributed by atoms with van der Waals surface area (Å²) in [7, 11) is 0. The van der Waals surface area contributed by atoms with Crippen molar-refractivity contribution in [2.24, 2.45) is 5.92 Å². The van der Waals surface area contributed by atoms with E-state index >= 15 is 0 Å². The molecule has 6 nitrogen and oxygen atoms in total. The van der Waals surface area contributed by atoms with E-state index in [1.807, 2.05) is 18.2 Å². The molecule has 6 heteroatoms. The number of amides is 1. The van der Waals surface area contributed by atoms with Crippen molar-refractivity contribution in [1.82, 2.24) is 4.90 Å². The van der Waals surface area contributed by atoms with Crippen LogP contribution in [0.2, 0.25) is 0 Å². The van der Waals surface area contributed by atoms with Gasteiger partial charge in [0.25, 0.3) is 11.9 Å². The fraction of sp³-hybridized carbons (Fsp3) is 0.250. The number of carboxylic acid groups (broad SMARTS) is 1. The number of carboxylic acids is 1. The first kappa shape index (κ1) is 14.2. The maximum atomic E-state index is 12.3. The van der Waals surface area contributed by atoms with Gasteiger partial charge in [0.1, 0.15) is 5.75 Å². The summed E-state index contributed by atoms with van der Waals surface area (Å²) in [6, 6.07) is 12.2. The van der Waals surface area contributed by atoms with E-state index in [2.05, 4.69) is 0 Å². The van der Waals surface area contributed by atoms with Gasteiger partial charge in [-0.1, -0.05) is 18.2 Å². The normalized spacial score (nSPS) is 17.5. The minimum Gasteiger partial charge on any atom is -0.481 e. The molecule has 0 spiro atoms. The van der Waals surface area contributed by atoms with Gasteiger partial charge < -0.3 is 19.2 Å². The van der Waals surface area contributed by atoms with Gasteiger partial charge in [0, 0.05) is 19.2 Å². The summed E-state index contributed by atoms with van der Waals surface area (Å²) in [6.07, 6.45) is 0.467. The van der Waals surface area contributed by atoms with E-state index in [0.717, 1.165) is 0 Å².